The molecule has 3 rings (SSSR count). The maximum atomic E-state index is 13.5. The molecule has 0 atom stereocenters. The first-order valence-electron chi connectivity index (χ1n) is 9.57. The molecule has 0 aliphatic carbocycles. The summed E-state index contributed by atoms with van der Waals surface area (Å²) in [4.78, 5) is 25.2. The number of hydrogen-bond acceptors (Lipinski definition) is 6. The van der Waals surface area contributed by atoms with Crippen LogP contribution < -0.4 is 10.2 Å². The molecule has 0 saturated carbocycles. The molecule has 0 radical (unpaired) electrons. The lowest BCUT2D eigenvalue weighted by Crippen LogP contribution is -2.44. The van der Waals surface area contributed by atoms with Crippen LogP contribution in [0.15, 0.2) is 24.4 Å². The Balaban J connectivity index is 1.71. The van der Waals surface area contributed by atoms with Crippen molar-refractivity contribution in [2.45, 2.75) is 32.9 Å². The van der Waals surface area contributed by atoms with Gasteiger partial charge in [0.1, 0.15) is 5.82 Å². The van der Waals surface area contributed by atoms with Crippen molar-refractivity contribution in [2.75, 3.05) is 36.5 Å². The van der Waals surface area contributed by atoms with Crippen LogP contribution in [0, 0.1) is 5.82 Å². The number of fused-ring (bicyclic) bond motifs is 1. The average Bonchev–Trinajstić information content (AvgIpc) is 2.68. The molecular weight excluding hydrogens is 397 g/mol. The summed E-state index contributed by atoms with van der Waals surface area (Å²) in [5, 5.41) is 12.5. The summed E-state index contributed by atoms with van der Waals surface area (Å²) < 4.78 is 13.5. The van der Waals surface area contributed by atoms with Crippen LogP contribution in [0.25, 0.3) is 0 Å². The van der Waals surface area contributed by atoms with Gasteiger partial charge >= 0.3 is 0 Å². The van der Waals surface area contributed by atoms with E-state index in [4.69, 9.17) is 11.6 Å². The number of carbonyl (C=O) groups is 1. The quantitative estimate of drug-likeness (QED) is 0.714. The lowest BCUT2D eigenvalue weighted by Gasteiger charge is -2.31. The van der Waals surface area contributed by atoms with Gasteiger partial charge in [-0.05, 0) is 44.0 Å². The Labute approximate surface area is 174 Å². The number of anilines is 2. The SMILES string of the molecule is CC(C)Nc1ncc2c(n1)CN(C(=O)CN(CCO)c1ccc(F)c(Cl)c1)CC2. The highest BCUT2D eigenvalue weighted by atomic mass is 35.5. The van der Waals surface area contributed by atoms with Crippen LogP contribution >= 0.6 is 11.6 Å². The topological polar surface area (TPSA) is 81.6 Å². The van der Waals surface area contributed by atoms with Crippen molar-refractivity contribution in [3.63, 3.8) is 0 Å². The number of rotatable bonds is 7. The van der Waals surface area contributed by atoms with Crippen molar-refractivity contribution < 1.29 is 14.3 Å². The third-order valence-electron chi connectivity index (χ3n) is 4.68. The number of aromatic nitrogens is 2. The molecular formula is C20H25ClFN5O2. The van der Waals surface area contributed by atoms with Crippen molar-refractivity contribution >= 4 is 29.1 Å². The van der Waals surface area contributed by atoms with Crippen LogP contribution in [0.1, 0.15) is 25.1 Å². The molecule has 2 heterocycles. The minimum atomic E-state index is -0.524. The smallest absolute Gasteiger partial charge is 0.242 e. The molecule has 0 bridgehead atoms. The van der Waals surface area contributed by atoms with E-state index in [1.165, 1.54) is 12.1 Å². The molecule has 1 aromatic carbocycles. The summed E-state index contributed by atoms with van der Waals surface area (Å²) in [7, 11) is 0. The Morgan fingerprint density at radius 3 is 2.93 bits per heavy atom. The van der Waals surface area contributed by atoms with Gasteiger partial charge in [0.25, 0.3) is 0 Å². The Morgan fingerprint density at radius 1 is 1.45 bits per heavy atom. The number of hydrogen-bond donors (Lipinski definition) is 2. The monoisotopic (exact) mass is 421 g/mol. The summed E-state index contributed by atoms with van der Waals surface area (Å²) in [6.45, 7) is 5.15. The third-order valence-corrected chi connectivity index (χ3v) is 4.97. The third kappa shape index (κ3) is 5.33. The second kappa shape index (κ2) is 9.37. The van der Waals surface area contributed by atoms with E-state index in [1.807, 2.05) is 20.0 Å². The summed E-state index contributed by atoms with van der Waals surface area (Å²) in [6, 6.07) is 4.47. The summed E-state index contributed by atoms with van der Waals surface area (Å²) >= 11 is 5.87. The van der Waals surface area contributed by atoms with E-state index in [0.717, 1.165) is 11.3 Å². The van der Waals surface area contributed by atoms with Crippen LogP contribution in [0.4, 0.5) is 16.0 Å². The lowest BCUT2D eigenvalue weighted by molar-refractivity contribution is -0.130. The predicted molar refractivity (Wildman–Crippen MR) is 111 cm³/mol. The van der Waals surface area contributed by atoms with Gasteiger partial charge < -0.3 is 20.2 Å². The fourth-order valence-corrected chi connectivity index (χ4v) is 3.38. The van der Waals surface area contributed by atoms with Gasteiger partial charge in [-0.1, -0.05) is 11.6 Å². The largest absolute Gasteiger partial charge is 0.395 e. The molecule has 1 aliphatic rings. The van der Waals surface area contributed by atoms with E-state index in [2.05, 4.69) is 15.3 Å². The Bertz CT molecular complexity index is 880. The van der Waals surface area contributed by atoms with Gasteiger partial charge in [0, 0.05) is 31.0 Å². The number of amides is 1. The predicted octanol–water partition coefficient (Wildman–Crippen LogP) is 2.47. The molecule has 9 heteroatoms. The van der Waals surface area contributed by atoms with Gasteiger partial charge in [0.05, 0.1) is 30.4 Å². The highest BCUT2D eigenvalue weighted by Crippen LogP contribution is 2.23. The normalized spacial score (nSPS) is 13.4. The van der Waals surface area contributed by atoms with Crippen molar-refractivity contribution in [3.05, 3.63) is 46.5 Å². The van der Waals surface area contributed by atoms with Gasteiger partial charge in [-0.15, -0.1) is 0 Å². The number of aliphatic hydroxyl groups is 1. The van der Waals surface area contributed by atoms with E-state index in [9.17, 15) is 14.3 Å². The molecule has 7 nitrogen and oxygen atoms in total. The zero-order chi connectivity index (χ0) is 21.0. The highest BCUT2D eigenvalue weighted by molar-refractivity contribution is 6.31. The molecule has 29 heavy (non-hydrogen) atoms. The maximum absolute atomic E-state index is 13.5. The van der Waals surface area contributed by atoms with Crippen molar-refractivity contribution in [3.8, 4) is 0 Å². The zero-order valence-corrected chi connectivity index (χ0v) is 17.3. The molecule has 0 fully saturated rings. The maximum Gasteiger partial charge on any atom is 0.242 e. The van der Waals surface area contributed by atoms with E-state index in [-0.39, 0.29) is 36.7 Å². The van der Waals surface area contributed by atoms with Crippen LogP contribution in [-0.4, -0.2) is 58.2 Å². The van der Waals surface area contributed by atoms with Gasteiger partial charge in [-0.2, -0.15) is 0 Å². The molecule has 0 saturated heterocycles. The lowest BCUT2D eigenvalue weighted by atomic mass is 10.1. The van der Waals surface area contributed by atoms with Crippen molar-refractivity contribution in [1.82, 2.24) is 14.9 Å². The Kier molecular flexibility index (Phi) is 6.87. The van der Waals surface area contributed by atoms with Crippen LogP contribution in [-0.2, 0) is 17.8 Å². The number of benzene rings is 1. The number of carbonyl (C=O) groups excluding carboxylic acids is 1. The molecule has 1 aromatic heterocycles. The molecule has 2 N–H and O–H groups in total. The van der Waals surface area contributed by atoms with Gasteiger partial charge in [0.15, 0.2) is 0 Å². The van der Waals surface area contributed by atoms with E-state index < -0.39 is 5.82 Å². The second-order valence-corrected chi connectivity index (χ2v) is 7.68. The minimum absolute atomic E-state index is 0.0216. The number of halogens is 2. The fraction of sp³-hybridized carbons (Fsp3) is 0.450. The first-order chi connectivity index (χ1) is 13.9. The highest BCUT2D eigenvalue weighted by Gasteiger charge is 2.24. The molecule has 0 spiro atoms. The molecule has 1 aliphatic heterocycles. The number of aliphatic hydroxyl groups excluding tert-OH is 1. The minimum Gasteiger partial charge on any atom is -0.395 e. The number of nitrogens with zero attached hydrogens (tertiary/aromatic N) is 4. The van der Waals surface area contributed by atoms with Gasteiger partial charge in [-0.3, -0.25) is 4.79 Å². The van der Waals surface area contributed by atoms with Crippen LogP contribution in [0.5, 0.6) is 0 Å². The first-order valence-corrected chi connectivity index (χ1v) is 9.95. The van der Waals surface area contributed by atoms with E-state index in [0.29, 0.717) is 31.1 Å². The molecule has 0 unspecified atom stereocenters. The molecule has 2 aromatic rings. The first kappa shape index (κ1) is 21.3. The Morgan fingerprint density at radius 2 is 2.24 bits per heavy atom. The summed E-state index contributed by atoms with van der Waals surface area (Å²) in [5.41, 5.74) is 2.46. The zero-order valence-electron chi connectivity index (χ0n) is 16.5. The second-order valence-electron chi connectivity index (χ2n) is 7.27. The van der Waals surface area contributed by atoms with Gasteiger partial charge in [0.2, 0.25) is 11.9 Å². The standard InChI is InChI=1S/C20H25ClFN5O2/c1-13(2)24-20-23-10-14-5-6-27(11-18(14)25-20)19(29)12-26(7-8-28)15-3-4-17(22)16(21)9-15/h3-4,9-10,13,28H,5-8,11-12H2,1-2H3,(H,23,24,25). The molecule has 1 amide bonds. The fourth-order valence-electron chi connectivity index (χ4n) is 3.21. The van der Waals surface area contributed by atoms with Gasteiger partial charge in [-0.25, -0.2) is 14.4 Å². The van der Waals surface area contributed by atoms with Crippen LogP contribution in [0.2, 0.25) is 5.02 Å². The van der Waals surface area contributed by atoms with Crippen molar-refractivity contribution in [2.24, 2.45) is 0 Å². The summed E-state index contributed by atoms with van der Waals surface area (Å²) in [6.07, 6.45) is 2.50. The van der Waals surface area contributed by atoms with Crippen molar-refractivity contribution in [1.29, 1.82) is 0 Å². The summed E-state index contributed by atoms with van der Waals surface area (Å²) in [5.74, 6) is -0.0683. The van der Waals surface area contributed by atoms with E-state index >= 15 is 0 Å². The van der Waals surface area contributed by atoms with E-state index in [1.54, 1.807) is 15.9 Å². The average molecular weight is 422 g/mol. The van der Waals surface area contributed by atoms with Crippen LogP contribution in [0.3, 0.4) is 0 Å². The number of nitrogens with one attached hydrogen (secondary N) is 1. The molecule has 156 valence electrons. The Hall–Kier alpha value is -2.45.